The van der Waals surface area contributed by atoms with Gasteiger partial charge in [0.15, 0.2) is 0 Å². The Labute approximate surface area is 94.3 Å². The Hall–Kier alpha value is 0.260. The summed E-state index contributed by atoms with van der Waals surface area (Å²) in [5.74, 6) is 0. The Bertz CT molecular complexity index is 278. The van der Waals surface area contributed by atoms with Crippen LogP contribution in [0.25, 0.3) is 0 Å². The van der Waals surface area contributed by atoms with E-state index in [9.17, 15) is 8.42 Å². The molecule has 0 fully saturated rings. The molecule has 0 heterocycles. The van der Waals surface area contributed by atoms with Gasteiger partial charge in [0.1, 0.15) is 0 Å². The van der Waals surface area contributed by atoms with Gasteiger partial charge in [-0.15, -0.1) is 0 Å². The molecule has 0 aromatic rings. The first-order chi connectivity index (χ1) is 6.66. The van der Waals surface area contributed by atoms with E-state index in [0.29, 0.717) is 6.61 Å². The maximum atomic E-state index is 10.8. The number of rotatable bonds is 7. The lowest BCUT2D eigenvalue weighted by molar-refractivity contribution is 0.0387. The van der Waals surface area contributed by atoms with Gasteiger partial charge in [0.05, 0.1) is 25.6 Å². The molecule has 0 spiro atoms. The van der Waals surface area contributed by atoms with Gasteiger partial charge in [0.2, 0.25) is 0 Å². The van der Waals surface area contributed by atoms with Crippen molar-refractivity contribution in [1.29, 1.82) is 0 Å². The van der Waals surface area contributed by atoms with Crippen LogP contribution in [0.3, 0.4) is 0 Å². The van der Waals surface area contributed by atoms with Gasteiger partial charge in [-0.1, -0.05) is 9.39 Å². The minimum Gasteiger partial charge on any atom is -0.377 e. The van der Waals surface area contributed by atoms with Crippen molar-refractivity contribution in [2.75, 3.05) is 19.5 Å². The van der Waals surface area contributed by atoms with E-state index in [1.807, 2.05) is 13.8 Å². The SMILES string of the molecule is CC(COCC(C)(C)NP)OS(C)(=O)=O. The minimum absolute atomic E-state index is 0.157. The van der Waals surface area contributed by atoms with Gasteiger partial charge in [-0.3, -0.25) is 9.27 Å². The molecule has 2 atom stereocenters. The summed E-state index contributed by atoms with van der Waals surface area (Å²) in [6.07, 6.45) is 0.567. The van der Waals surface area contributed by atoms with E-state index in [1.165, 1.54) is 0 Å². The van der Waals surface area contributed by atoms with Crippen molar-refractivity contribution in [2.45, 2.75) is 32.4 Å². The first-order valence-electron chi connectivity index (χ1n) is 4.60. The van der Waals surface area contributed by atoms with Gasteiger partial charge in [0, 0.05) is 5.54 Å². The molecule has 0 bridgehead atoms. The Morgan fingerprint density at radius 2 is 2.00 bits per heavy atom. The van der Waals surface area contributed by atoms with Crippen LogP contribution in [0, 0.1) is 0 Å². The smallest absolute Gasteiger partial charge is 0.264 e. The van der Waals surface area contributed by atoms with Gasteiger partial charge in [-0.05, 0) is 20.8 Å². The average Bonchev–Trinajstić information content (AvgIpc) is 2.00. The summed E-state index contributed by atoms with van der Waals surface area (Å²) >= 11 is 0. The molecule has 0 radical (unpaired) electrons. The fourth-order valence-corrected chi connectivity index (χ4v) is 1.58. The molecule has 92 valence electrons. The van der Waals surface area contributed by atoms with Crippen LogP contribution >= 0.6 is 9.39 Å². The molecule has 0 aromatic heterocycles. The van der Waals surface area contributed by atoms with Gasteiger partial charge in [0.25, 0.3) is 10.1 Å². The summed E-state index contributed by atoms with van der Waals surface area (Å²) in [5.41, 5.74) is -0.157. The predicted molar refractivity (Wildman–Crippen MR) is 63.1 cm³/mol. The minimum atomic E-state index is -3.39. The molecule has 2 unspecified atom stereocenters. The lowest BCUT2D eigenvalue weighted by atomic mass is 10.1. The summed E-state index contributed by atoms with van der Waals surface area (Å²) in [6.45, 7) is 6.34. The van der Waals surface area contributed by atoms with Crippen LogP contribution in [0.2, 0.25) is 0 Å². The van der Waals surface area contributed by atoms with E-state index in [4.69, 9.17) is 8.92 Å². The fraction of sp³-hybridized carbons (Fsp3) is 1.00. The third kappa shape index (κ3) is 9.20. The zero-order chi connectivity index (χ0) is 12.1. The largest absolute Gasteiger partial charge is 0.377 e. The van der Waals surface area contributed by atoms with Gasteiger partial charge in [-0.2, -0.15) is 8.42 Å². The van der Waals surface area contributed by atoms with E-state index >= 15 is 0 Å². The molecule has 0 amide bonds. The lowest BCUT2D eigenvalue weighted by Gasteiger charge is -2.24. The highest BCUT2D eigenvalue weighted by Gasteiger charge is 2.16. The standard InChI is InChI=1S/C8H20NO4PS/c1-7(13-15(4,10)11)5-12-6-8(2,3)9-14/h7,9H,5-6,14H2,1-4H3. The van der Waals surface area contributed by atoms with Crippen molar-refractivity contribution >= 4 is 19.5 Å². The van der Waals surface area contributed by atoms with Crippen molar-refractivity contribution in [1.82, 2.24) is 5.09 Å². The monoisotopic (exact) mass is 257 g/mol. The van der Waals surface area contributed by atoms with Crippen LogP contribution < -0.4 is 5.09 Å². The first-order valence-corrected chi connectivity index (χ1v) is 6.99. The van der Waals surface area contributed by atoms with Crippen LogP contribution in [-0.2, 0) is 19.0 Å². The second kappa shape index (κ2) is 6.11. The van der Waals surface area contributed by atoms with E-state index in [0.717, 1.165) is 6.26 Å². The van der Waals surface area contributed by atoms with Crippen LogP contribution in [0.1, 0.15) is 20.8 Å². The third-order valence-electron chi connectivity index (χ3n) is 1.55. The molecule has 0 aliphatic rings. The zero-order valence-corrected chi connectivity index (χ0v) is 11.6. The molecule has 1 N–H and O–H groups in total. The first kappa shape index (κ1) is 15.3. The highest BCUT2D eigenvalue weighted by Crippen LogP contribution is 2.06. The molecule has 0 saturated carbocycles. The average molecular weight is 257 g/mol. The van der Waals surface area contributed by atoms with E-state index < -0.39 is 16.2 Å². The molecule has 15 heavy (non-hydrogen) atoms. The topological polar surface area (TPSA) is 64.6 Å². The maximum absolute atomic E-state index is 10.8. The Kier molecular flexibility index (Phi) is 6.21. The third-order valence-corrected chi connectivity index (χ3v) is 3.00. The summed E-state index contributed by atoms with van der Waals surface area (Å²) in [6, 6.07) is 0. The van der Waals surface area contributed by atoms with Crippen molar-refractivity contribution in [3.63, 3.8) is 0 Å². The highest BCUT2D eigenvalue weighted by atomic mass is 32.2. The number of hydrogen-bond acceptors (Lipinski definition) is 5. The van der Waals surface area contributed by atoms with Crippen molar-refractivity contribution in [3.8, 4) is 0 Å². The predicted octanol–water partition coefficient (Wildman–Crippen LogP) is 0.526. The van der Waals surface area contributed by atoms with E-state index in [-0.39, 0.29) is 12.1 Å². The van der Waals surface area contributed by atoms with Crippen LogP contribution in [0.4, 0.5) is 0 Å². The molecule has 0 aliphatic carbocycles. The molecular weight excluding hydrogens is 237 g/mol. The van der Waals surface area contributed by atoms with Crippen LogP contribution in [-0.4, -0.2) is 39.5 Å². The quantitative estimate of drug-likeness (QED) is 0.532. The van der Waals surface area contributed by atoms with Crippen molar-refractivity contribution in [3.05, 3.63) is 0 Å². The molecule has 0 aromatic carbocycles. The van der Waals surface area contributed by atoms with Gasteiger partial charge >= 0.3 is 0 Å². The summed E-state index contributed by atoms with van der Waals surface area (Å²) in [5, 5.41) is 3.00. The van der Waals surface area contributed by atoms with E-state index in [2.05, 4.69) is 14.5 Å². The fourth-order valence-electron chi connectivity index (χ4n) is 0.848. The molecule has 0 aliphatic heterocycles. The second-order valence-corrected chi connectivity index (χ2v) is 6.04. The Morgan fingerprint density at radius 1 is 1.47 bits per heavy atom. The van der Waals surface area contributed by atoms with Crippen molar-refractivity contribution < 1.29 is 17.3 Å². The van der Waals surface area contributed by atoms with Crippen LogP contribution in [0.5, 0.6) is 0 Å². The highest BCUT2D eigenvalue weighted by molar-refractivity contribution is 7.86. The molecular formula is C8H20NO4PS. The zero-order valence-electron chi connectivity index (χ0n) is 9.61. The molecule has 7 heteroatoms. The summed E-state index contributed by atoms with van der Waals surface area (Å²) in [7, 11) is -0.977. The lowest BCUT2D eigenvalue weighted by Crippen LogP contribution is -2.38. The number of hydrogen-bond donors (Lipinski definition) is 1. The summed E-state index contributed by atoms with van der Waals surface area (Å²) in [4.78, 5) is 0. The molecule has 0 saturated heterocycles. The summed E-state index contributed by atoms with van der Waals surface area (Å²) < 4.78 is 31.6. The van der Waals surface area contributed by atoms with Gasteiger partial charge < -0.3 is 4.74 Å². The second-order valence-electron chi connectivity index (χ2n) is 4.15. The number of ether oxygens (including phenoxy) is 1. The molecule has 5 nitrogen and oxygen atoms in total. The van der Waals surface area contributed by atoms with Gasteiger partial charge in [-0.25, -0.2) is 0 Å². The Morgan fingerprint density at radius 3 is 2.40 bits per heavy atom. The number of nitrogens with one attached hydrogen (secondary N) is 1. The molecule has 0 rings (SSSR count). The normalized spacial score (nSPS) is 15.3. The van der Waals surface area contributed by atoms with Crippen LogP contribution in [0.15, 0.2) is 0 Å². The maximum Gasteiger partial charge on any atom is 0.264 e. The Balaban J connectivity index is 3.78. The van der Waals surface area contributed by atoms with Crippen molar-refractivity contribution in [2.24, 2.45) is 0 Å². The van der Waals surface area contributed by atoms with E-state index in [1.54, 1.807) is 6.92 Å².